The van der Waals surface area contributed by atoms with Crippen LogP contribution in [0.4, 0.5) is 0 Å². The third-order valence-electron chi connectivity index (χ3n) is 7.21. The van der Waals surface area contributed by atoms with Crippen LogP contribution in [0.25, 0.3) is 11.0 Å². The molecule has 1 heterocycles. The first-order valence-corrected chi connectivity index (χ1v) is 14.8. The van der Waals surface area contributed by atoms with Crippen molar-refractivity contribution in [2.24, 2.45) is 0 Å². The molecule has 188 valence electrons. The Morgan fingerprint density at radius 1 is 0.515 bits per heavy atom. The van der Waals surface area contributed by atoms with Gasteiger partial charge in [-0.15, -0.1) is 0 Å². The maximum Gasteiger partial charge on any atom is 0.107 e. The Kier molecular flexibility index (Phi) is 17.0. The van der Waals surface area contributed by atoms with Crippen LogP contribution in [0.15, 0.2) is 24.3 Å². The van der Waals surface area contributed by atoms with E-state index in [4.69, 9.17) is 0 Å². The molecule has 0 atom stereocenters. The van der Waals surface area contributed by atoms with E-state index in [0.717, 1.165) is 17.8 Å². The van der Waals surface area contributed by atoms with Crippen LogP contribution in [0.1, 0.15) is 154 Å². The van der Waals surface area contributed by atoms with E-state index in [1.54, 1.807) is 0 Å². The van der Waals surface area contributed by atoms with Gasteiger partial charge in [0, 0.05) is 6.42 Å². The van der Waals surface area contributed by atoms with Crippen molar-refractivity contribution >= 4 is 11.0 Å². The van der Waals surface area contributed by atoms with E-state index in [0.29, 0.717) is 0 Å². The number of aryl methyl sites for hydroxylation is 1. The average molecular weight is 455 g/mol. The third kappa shape index (κ3) is 14.5. The van der Waals surface area contributed by atoms with Gasteiger partial charge >= 0.3 is 0 Å². The summed E-state index contributed by atoms with van der Waals surface area (Å²) in [6.07, 6.45) is 32.8. The monoisotopic (exact) mass is 454 g/mol. The van der Waals surface area contributed by atoms with Crippen LogP contribution in [0, 0.1) is 0 Å². The minimum Gasteiger partial charge on any atom is -0.342 e. The van der Waals surface area contributed by atoms with Crippen molar-refractivity contribution in [3.05, 3.63) is 30.1 Å². The summed E-state index contributed by atoms with van der Waals surface area (Å²) >= 11 is 0. The molecule has 2 nitrogen and oxygen atoms in total. The van der Waals surface area contributed by atoms with Gasteiger partial charge in [0.1, 0.15) is 5.82 Å². The number of hydrogen-bond acceptors (Lipinski definition) is 1. The molecule has 0 aliphatic heterocycles. The largest absolute Gasteiger partial charge is 0.342 e. The molecule has 0 spiro atoms. The number of hydrogen-bond donors (Lipinski definition) is 1. The maximum atomic E-state index is 4.68. The lowest BCUT2D eigenvalue weighted by Gasteiger charge is -2.04. The molecule has 0 saturated carbocycles. The van der Waals surface area contributed by atoms with Crippen molar-refractivity contribution in [3.63, 3.8) is 0 Å². The second kappa shape index (κ2) is 20.1. The van der Waals surface area contributed by atoms with Gasteiger partial charge in [-0.2, -0.15) is 0 Å². The molecule has 0 saturated heterocycles. The van der Waals surface area contributed by atoms with Crippen molar-refractivity contribution in [2.75, 3.05) is 0 Å². The minimum atomic E-state index is 1.09. The molecule has 0 aliphatic rings. The van der Waals surface area contributed by atoms with Gasteiger partial charge in [0.2, 0.25) is 0 Å². The Bertz CT molecular complexity index is 641. The Labute approximate surface area is 205 Å². The number of nitrogens with one attached hydrogen (secondary N) is 1. The summed E-state index contributed by atoms with van der Waals surface area (Å²) in [7, 11) is 0. The van der Waals surface area contributed by atoms with Crippen LogP contribution in [0.5, 0.6) is 0 Å². The second-order valence-electron chi connectivity index (χ2n) is 10.4. The summed E-state index contributed by atoms with van der Waals surface area (Å²) in [5, 5.41) is 0. The van der Waals surface area contributed by atoms with Crippen LogP contribution < -0.4 is 0 Å². The Morgan fingerprint density at radius 3 is 1.33 bits per heavy atom. The number of fused-ring (bicyclic) bond motifs is 1. The molecule has 1 N–H and O–H groups in total. The molecule has 2 rings (SSSR count). The first kappa shape index (κ1) is 27.9. The molecule has 33 heavy (non-hydrogen) atoms. The van der Waals surface area contributed by atoms with Gasteiger partial charge in [-0.3, -0.25) is 0 Å². The number of imidazole rings is 1. The summed E-state index contributed by atoms with van der Waals surface area (Å²) in [6, 6.07) is 8.34. The zero-order chi connectivity index (χ0) is 23.2. The minimum absolute atomic E-state index is 1.09. The number of benzene rings is 1. The summed E-state index contributed by atoms with van der Waals surface area (Å²) < 4.78 is 0. The molecule has 0 unspecified atom stereocenters. The number of unbranched alkanes of at least 4 members (excludes halogenated alkanes) is 21. The summed E-state index contributed by atoms with van der Waals surface area (Å²) in [6.45, 7) is 2.30. The molecule has 0 amide bonds. The Balaban J connectivity index is 1.23. The van der Waals surface area contributed by atoms with Crippen LogP contribution in [-0.2, 0) is 6.42 Å². The van der Waals surface area contributed by atoms with E-state index in [1.165, 1.54) is 147 Å². The standard InChI is InChI=1S/C31H54N2/c1-2-3-4-5-6-7-8-9-10-11-12-13-14-15-16-17-18-19-20-21-22-23-28-31-32-29-26-24-25-27-30(29)33-31/h24-27H,2-23,28H2,1H3,(H,32,33). The lowest BCUT2D eigenvalue weighted by molar-refractivity contribution is 0.519. The summed E-state index contributed by atoms with van der Waals surface area (Å²) in [5.41, 5.74) is 2.28. The summed E-state index contributed by atoms with van der Waals surface area (Å²) in [5.74, 6) is 1.16. The number of para-hydroxylation sites is 2. The van der Waals surface area contributed by atoms with Gasteiger partial charge in [0.05, 0.1) is 11.0 Å². The molecule has 0 bridgehead atoms. The van der Waals surface area contributed by atoms with E-state index in [9.17, 15) is 0 Å². The van der Waals surface area contributed by atoms with E-state index in [1.807, 2.05) is 0 Å². The highest BCUT2D eigenvalue weighted by Crippen LogP contribution is 2.16. The lowest BCUT2D eigenvalue weighted by atomic mass is 10.0. The van der Waals surface area contributed by atoms with Crippen molar-refractivity contribution in [3.8, 4) is 0 Å². The predicted molar refractivity (Wildman–Crippen MR) is 147 cm³/mol. The van der Waals surface area contributed by atoms with Crippen LogP contribution in [0.2, 0.25) is 0 Å². The fourth-order valence-electron chi connectivity index (χ4n) is 5.03. The molecule has 0 radical (unpaired) electrons. The van der Waals surface area contributed by atoms with Crippen molar-refractivity contribution in [1.29, 1.82) is 0 Å². The number of aromatic nitrogens is 2. The van der Waals surface area contributed by atoms with Gasteiger partial charge < -0.3 is 4.98 Å². The van der Waals surface area contributed by atoms with Crippen molar-refractivity contribution in [1.82, 2.24) is 9.97 Å². The molecule has 2 aromatic rings. The zero-order valence-electron chi connectivity index (χ0n) is 22.0. The maximum absolute atomic E-state index is 4.68. The van der Waals surface area contributed by atoms with E-state index in [-0.39, 0.29) is 0 Å². The third-order valence-corrected chi connectivity index (χ3v) is 7.21. The quantitative estimate of drug-likeness (QED) is 0.166. The topological polar surface area (TPSA) is 28.7 Å². The van der Waals surface area contributed by atoms with E-state index in [2.05, 4.69) is 41.2 Å². The molecule has 1 aromatic carbocycles. The molecule has 2 heteroatoms. The Hall–Kier alpha value is -1.31. The molecular formula is C31H54N2. The first-order chi connectivity index (χ1) is 16.4. The highest BCUT2D eigenvalue weighted by atomic mass is 14.9. The van der Waals surface area contributed by atoms with Crippen molar-refractivity contribution in [2.45, 2.75) is 155 Å². The first-order valence-electron chi connectivity index (χ1n) is 14.8. The molecule has 1 aromatic heterocycles. The zero-order valence-corrected chi connectivity index (χ0v) is 22.0. The van der Waals surface area contributed by atoms with Crippen LogP contribution >= 0.6 is 0 Å². The molecule has 0 fully saturated rings. The van der Waals surface area contributed by atoms with Gasteiger partial charge in [-0.1, -0.05) is 154 Å². The normalized spacial score (nSPS) is 11.5. The lowest BCUT2D eigenvalue weighted by Crippen LogP contribution is -1.89. The smallest absolute Gasteiger partial charge is 0.107 e. The van der Waals surface area contributed by atoms with Crippen LogP contribution in [0.3, 0.4) is 0 Å². The molecule has 0 aliphatic carbocycles. The molecular weight excluding hydrogens is 400 g/mol. The fraction of sp³-hybridized carbons (Fsp3) is 0.774. The fourth-order valence-corrected chi connectivity index (χ4v) is 5.03. The highest BCUT2D eigenvalue weighted by Gasteiger charge is 2.01. The Morgan fingerprint density at radius 2 is 0.909 bits per heavy atom. The van der Waals surface area contributed by atoms with Gasteiger partial charge in [0.15, 0.2) is 0 Å². The number of aromatic amines is 1. The highest BCUT2D eigenvalue weighted by molar-refractivity contribution is 5.74. The number of rotatable bonds is 23. The number of nitrogens with zero attached hydrogens (tertiary/aromatic N) is 1. The predicted octanol–water partition coefficient (Wildman–Crippen LogP) is 10.7. The average Bonchev–Trinajstić information content (AvgIpc) is 3.25. The van der Waals surface area contributed by atoms with E-state index >= 15 is 0 Å². The second-order valence-corrected chi connectivity index (χ2v) is 10.4. The number of H-pyrrole nitrogens is 1. The van der Waals surface area contributed by atoms with Crippen LogP contribution in [-0.4, -0.2) is 9.97 Å². The SMILES string of the molecule is CCCCCCCCCCCCCCCCCCCCCCCCc1nc2ccccc2[nH]1. The van der Waals surface area contributed by atoms with E-state index < -0.39 is 0 Å². The van der Waals surface area contributed by atoms with Crippen molar-refractivity contribution < 1.29 is 0 Å². The van der Waals surface area contributed by atoms with Gasteiger partial charge in [0.25, 0.3) is 0 Å². The van der Waals surface area contributed by atoms with Gasteiger partial charge in [-0.25, -0.2) is 4.98 Å². The summed E-state index contributed by atoms with van der Waals surface area (Å²) in [4.78, 5) is 8.13. The van der Waals surface area contributed by atoms with Gasteiger partial charge in [-0.05, 0) is 18.6 Å².